The Morgan fingerprint density at radius 3 is 2.60 bits per heavy atom. The van der Waals surface area contributed by atoms with Crippen molar-refractivity contribution in [1.29, 1.82) is 0 Å². The molecule has 2 aromatic carbocycles. The van der Waals surface area contributed by atoms with Gasteiger partial charge in [0.1, 0.15) is 5.75 Å². The van der Waals surface area contributed by atoms with E-state index in [4.69, 9.17) is 9.47 Å². The zero-order valence-corrected chi connectivity index (χ0v) is 18.7. The van der Waals surface area contributed by atoms with Crippen LogP contribution in [0.2, 0.25) is 0 Å². The smallest absolute Gasteiger partial charge is 0.338 e. The fourth-order valence-electron chi connectivity index (χ4n) is 2.97. The van der Waals surface area contributed by atoms with E-state index in [2.05, 4.69) is 37.1 Å². The molecule has 7 heteroatoms. The molecule has 1 N–H and O–H groups in total. The number of nitrogens with zero attached hydrogens (tertiary/aromatic N) is 1. The minimum absolute atomic E-state index is 0.0957. The topological polar surface area (TPSA) is 77.5 Å². The number of amides is 1. The van der Waals surface area contributed by atoms with Crippen LogP contribution in [0.15, 0.2) is 36.4 Å². The van der Waals surface area contributed by atoms with Crippen LogP contribution in [0.25, 0.3) is 10.2 Å². The van der Waals surface area contributed by atoms with Crippen LogP contribution >= 0.6 is 11.3 Å². The number of benzene rings is 2. The minimum Gasteiger partial charge on any atom is -0.483 e. The number of hydrogen-bond donors (Lipinski definition) is 1. The maximum Gasteiger partial charge on any atom is 0.338 e. The second-order valence-electron chi connectivity index (χ2n) is 8.01. The third-order valence-corrected chi connectivity index (χ3v) is 5.38. The monoisotopic (exact) mass is 426 g/mol. The van der Waals surface area contributed by atoms with Gasteiger partial charge in [-0.3, -0.25) is 10.1 Å². The molecule has 3 aromatic rings. The Morgan fingerprint density at radius 1 is 1.13 bits per heavy atom. The molecule has 0 aliphatic carbocycles. The Labute approximate surface area is 180 Å². The first kappa shape index (κ1) is 21.8. The van der Waals surface area contributed by atoms with E-state index in [1.165, 1.54) is 11.3 Å². The van der Waals surface area contributed by atoms with Crippen molar-refractivity contribution in [3.63, 3.8) is 0 Å². The van der Waals surface area contributed by atoms with Gasteiger partial charge < -0.3 is 9.47 Å². The van der Waals surface area contributed by atoms with E-state index in [1.54, 1.807) is 25.1 Å². The Balaban J connectivity index is 1.68. The molecule has 0 aliphatic rings. The lowest BCUT2D eigenvalue weighted by atomic mass is 9.85. The van der Waals surface area contributed by atoms with Gasteiger partial charge in [0, 0.05) is 0 Å². The van der Waals surface area contributed by atoms with Gasteiger partial charge in [-0.15, -0.1) is 0 Å². The lowest BCUT2D eigenvalue weighted by Gasteiger charge is -2.23. The van der Waals surface area contributed by atoms with Gasteiger partial charge in [-0.25, -0.2) is 9.78 Å². The van der Waals surface area contributed by atoms with Crippen molar-refractivity contribution in [2.45, 2.75) is 40.0 Å². The molecule has 0 atom stereocenters. The van der Waals surface area contributed by atoms with E-state index >= 15 is 0 Å². The third kappa shape index (κ3) is 5.16. The highest BCUT2D eigenvalue weighted by atomic mass is 32.1. The summed E-state index contributed by atoms with van der Waals surface area (Å²) in [6, 6.07) is 11.1. The van der Waals surface area contributed by atoms with Gasteiger partial charge in [-0.05, 0) is 49.1 Å². The van der Waals surface area contributed by atoms with E-state index in [9.17, 15) is 9.59 Å². The van der Waals surface area contributed by atoms with Gasteiger partial charge in [0.2, 0.25) is 0 Å². The maximum atomic E-state index is 12.4. The van der Waals surface area contributed by atoms with E-state index in [-0.39, 0.29) is 23.9 Å². The SMILES string of the molecule is CCOC(=O)c1ccc2nc(NC(=O)COc3ccc(C)cc3C(C)(C)C)sc2c1. The predicted octanol–water partition coefficient (Wildman–Crippen LogP) is 5.10. The first-order chi connectivity index (χ1) is 14.2. The number of carbonyl (C=O) groups is 2. The van der Waals surface area contributed by atoms with Crippen molar-refractivity contribution >= 4 is 38.6 Å². The summed E-state index contributed by atoms with van der Waals surface area (Å²) in [4.78, 5) is 28.7. The first-order valence-electron chi connectivity index (χ1n) is 9.79. The van der Waals surface area contributed by atoms with Gasteiger partial charge in [-0.1, -0.05) is 49.8 Å². The Hall–Kier alpha value is -2.93. The van der Waals surface area contributed by atoms with Crippen LogP contribution in [-0.4, -0.2) is 30.1 Å². The molecule has 30 heavy (non-hydrogen) atoms. The molecular weight excluding hydrogens is 400 g/mol. The second kappa shape index (κ2) is 8.83. The number of thiazole rings is 1. The quantitative estimate of drug-likeness (QED) is 0.555. The normalized spacial score (nSPS) is 11.4. The van der Waals surface area contributed by atoms with Crippen LogP contribution in [0.1, 0.15) is 49.2 Å². The van der Waals surface area contributed by atoms with Gasteiger partial charge >= 0.3 is 5.97 Å². The van der Waals surface area contributed by atoms with E-state index in [1.807, 2.05) is 19.1 Å². The number of ether oxygens (including phenoxy) is 2. The molecule has 1 amide bonds. The van der Waals surface area contributed by atoms with Crippen molar-refractivity contribution in [2.24, 2.45) is 0 Å². The molecule has 0 fully saturated rings. The molecule has 0 saturated heterocycles. The van der Waals surface area contributed by atoms with Crippen molar-refractivity contribution in [3.8, 4) is 5.75 Å². The van der Waals surface area contributed by atoms with Crippen LogP contribution in [0, 0.1) is 6.92 Å². The summed E-state index contributed by atoms with van der Waals surface area (Å²) in [6.45, 7) is 10.3. The van der Waals surface area contributed by atoms with Gasteiger partial charge in [-0.2, -0.15) is 0 Å². The Morgan fingerprint density at radius 2 is 1.90 bits per heavy atom. The average Bonchev–Trinajstić information content (AvgIpc) is 3.07. The van der Waals surface area contributed by atoms with Crippen molar-refractivity contribution < 1.29 is 19.1 Å². The Bertz CT molecular complexity index is 1080. The molecule has 1 aromatic heterocycles. The summed E-state index contributed by atoms with van der Waals surface area (Å²) < 4.78 is 11.6. The third-order valence-electron chi connectivity index (χ3n) is 4.45. The highest BCUT2D eigenvalue weighted by Crippen LogP contribution is 2.32. The molecule has 0 saturated carbocycles. The number of aryl methyl sites for hydroxylation is 1. The molecule has 1 heterocycles. The summed E-state index contributed by atoms with van der Waals surface area (Å²) in [6.07, 6.45) is 0. The average molecular weight is 427 g/mol. The summed E-state index contributed by atoms with van der Waals surface area (Å²) in [5.74, 6) is 0.0336. The highest BCUT2D eigenvalue weighted by Gasteiger charge is 2.20. The number of hydrogen-bond acceptors (Lipinski definition) is 6. The van der Waals surface area contributed by atoms with Crippen LogP contribution < -0.4 is 10.1 Å². The van der Waals surface area contributed by atoms with Crippen LogP contribution in [0.3, 0.4) is 0 Å². The van der Waals surface area contributed by atoms with Crippen LogP contribution in [0.5, 0.6) is 5.75 Å². The van der Waals surface area contributed by atoms with Crippen molar-refractivity contribution in [3.05, 3.63) is 53.1 Å². The van der Waals surface area contributed by atoms with E-state index in [0.717, 1.165) is 15.8 Å². The highest BCUT2D eigenvalue weighted by molar-refractivity contribution is 7.22. The maximum absolute atomic E-state index is 12.4. The van der Waals surface area contributed by atoms with Crippen molar-refractivity contribution in [2.75, 3.05) is 18.5 Å². The molecule has 3 rings (SSSR count). The minimum atomic E-state index is -0.375. The van der Waals surface area contributed by atoms with Gasteiger partial charge in [0.15, 0.2) is 11.7 Å². The van der Waals surface area contributed by atoms with Gasteiger partial charge in [0.05, 0.1) is 22.4 Å². The number of fused-ring (bicyclic) bond motifs is 1. The predicted molar refractivity (Wildman–Crippen MR) is 120 cm³/mol. The summed E-state index contributed by atoms with van der Waals surface area (Å²) in [5.41, 5.74) is 3.28. The molecule has 158 valence electrons. The largest absolute Gasteiger partial charge is 0.483 e. The van der Waals surface area contributed by atoms with Gasteiger partial charge in [0.25, 0.3) is 5.91 Å². The van der Waals surface area contributed by atoms with Crippen molar-refractivity contribution in [1.82, 2.24) is 4.98 Å². The lowest BCUT2D eigenvalue weighted by Crippen LogP contribution is -2.22. The fourth-order valence-corrected chi connectivity index (χ4v) is 3.90. The first-order valence-corrected chi connectivity index (χ1v) is 10.6. The summed E-state index contributed by atoms with van der Waals surface area (Å²) in [5, 5.41) is 3.23. The lowest BCUT2D eigenvalue weighted by molar-refractivity contribution is -0.118. The number of rotatable bonds is 6. The standard InChI is InChI=1S/C23H26N2O4S/c1-6-28-21(27)15-8-9-17-19(12-15)30-22(24-17)25-20(26)13-29-18-10-7-14(2)11-16(18)23(3,4)5/h7-12H,6,13H2,1-5H3,(H,24,25,26). The molecule has 0 unspecified atom stereocenters. The number of nitrogens with one attached hydrogen (secondary N) is 1. The molecule has 0 spiro atoms. The van der Waals surface area contributed by atoms with E-state index in [0.29, 0.717) is 28.6 Å². The second-order valence-corrected chi connectivity index (χ2v) is 9.04. The zero-order valence-electron chi connectivity index (χ0n) is 17.9. The zero-order chi connectivity index (χ0) is 21.9. The van der Waals surface area contributed by atoms with Crippen LogP contribution in [-0.2, 0) is 14.9 Å². The molecule has 0 bridgehead atoms. The molecule has 0 aliphatic heterocycles. The number of anilines is 1. The van der Waals surface area contributed by atoms with Crippen LogP contribution in [0.4, 0.5) is 5.13 Å². The number of aromatic nitrogens is 1. The molecular formula is C23H26N2O4S. The summed E-state index contributed by atoms with van der Waals surface area (Å²) >= 11 is 1.30. The summed E-state index contributed by atoms with van der Waals surface area (Å²) in [7, 11) is 0. The fraction of sp³-hybridized carbons (Fsp3) is 0.348. The molecule has 0 radical (unpaired) electrons. The Kier molecular flexibility index (Phi) is 6.41. The number of esters is 1. The number of carbonyl (C=O) groups excluding carboxylic acids is 2. The van der Waals surface area contributed by atoms with E-state index < -0.39 is 0 Å². The molecule has 6 nitrogen and oxygen atoms in total.